The van der Waals surface area contributed by atoms with Crippen LogP contribution in [0.15, 0.2) is 51.8 Å². The zero-order valence-electron chi connectivity index (χ0n) is 10.9. The first-order valence-electron chi connectivity index (χ1n) is 6.03. The molecule has 0 unspecified atom stereocenters. The second-order valence-electron chi connectivity index (χ2n) is 4.27. The molecular formula is C15H14BrNO2S. The van der Waals surface area contributed by atoms with Crippen LogP contribution in [0.1, 0.15) is 5.56 Å². The Bertz CT molecular complexity index is 631. The molecule has 0 radical (unpaired) electrons. The average Bonchev–Trinajstić information content (AvgIpc) is 2.42. The number of aromatic hydroxyl groups is 1. The smallest absolute Gasteiger partial charge is 0.234 e. The molecule has 0 fully saturated rings. The van der Waals surface area contributed by atoms with Crippen LogP contribution in [0, 0.1) is 6.92 Å². The molecule has 0 saturated carbocycles. The minimum absolute atomic E-state index is 0.0972. The molecule has 1 amide bonds. The van der Waals surface area contributed by atoms with Crippen LogP contribution in [0.3, 0.4) is 0 Å². The predicted octanol–water partition coefficient (Wildman–Crippen LogP) is 4.19. The number of carbonyl (C=O) groups is 1. The Balaban J connectivity index is 1.93. The first-order chi connectivity index (χ1) is 9.56. The number of benzene rings is 2. The highest BCUT2D eigenvalue weighted by atomic mass is 79.9. The number of phenols is 1. The summed E-state index contributed by atoms with van der Waals surface area (Å²) in [7, 11) is 0. The van der Waals surface area contributed by atoms with Crippen molar-refractivity contribution >= 4 is 39.3 Å². The SMILES string of the molecule is Cc1cc(NC(=O)CSc2ccccc2O)ccc1Br. The highest BCUT2D eigenvalue weighted by Crippen LogP contribution is 2.27. The number of hydrogen-bond donors (Lipinski definition) is 2. The molecule has 2 rings (SSSR count). The van der Waals surface area contributed by atoms with Gasteiger partial charge in [-0.3, -0.25) is 4.79 Å². The highest BCUT2D eigenvalue weighted by molar-refractivity contribution is 9.10. The van der Waals surface area contributed by atoms with Crippen LogP contribution >= 0.6 is 27.7 Å². The van der Waals surface area contributed by atoms with E-state index in [0.717, 1.165) is 15.7 Å². The van der Waals surface area contributed by atoms with Crippen molar-refractivity contribution in [3.8, 4) is 5.75 Å². The molecule has 104 valence electrons. The molecule has 0 bridgehead atoms. The van der Waals surface area contributed by atoms with Gasteiger partial charge in [-0.25, -0.2) is 0 Å². The minimum atomic E-state index is -0.0972. The molecular weight excluding hydrogens is 338 g/mol. The van der Waals surface area contributed by atoms with Gasteiger partial charge in [0.1, 0.15) is 5.75 Å². The number of rotatable bonds is 4. The van der Waals surface area contributed by atoms with Crippen molar-refractivity contribution in [1.82, 2.24) is 0 Å². The fourth-order valence-electron chi connectivity index (χ4n) is 1.64. The molecule has 0 atom stereocenters. The third-order valence-electron chi connectivity index (χ3n) is 2.67. The van der Waals surface area contributed by atoms with E-state index in [1.165, 1.54) is 11.8 Å². The lowest BCUT2D eigenvalue weighted by molar-refractivity contribution is -0.113. The van der Waals surface area contributed by atoms with E-state index >= 15 is 0 Å². The van der Waals surface area contributed by atoms with Gasteiger partial charge in [-0.1, -0.05) is 28.1 Å². The van der Waals surface area contributed by atoms with Crippen molar-refractivity contribution in [2.45, 2.75) is 11.8 Å². The lowest BCUT2D eigenvalue weighted by Gasteiger charge is -2.07. The van der Waals surface area contributed by atoms with E-state index in [1.54, 1.807) is 18.2 Å². The van der Waals surface area contributed by atoms with Gasteiger partial charge in [0.25, 0.3) is 0 Å². The summed E-state index contributed by atoms with van der Waals surface area (Å²) in [6, 6.07) is 12.6. The Kier molecular flexibility index (Phi) is 5.09. The molecule has 2 aromatic carbocycles. The minimum Gasteiger partial charge on any atom is -0.507 e. The van der Waals surface area contributed by atoms with E-state index < -0.39 is 0 Å². The number of phenolic OH excluding ortho intramolecular Hbond substituents is 1. The molecule has 0 saturated heterocycles. The molecule has 0 aliphatic rings. The molecule has 3 nitrogen and oxygen atoms in total. The summed E-state index contributed by atoms with van der Waals surface area (Å²) in [5.41, 5.74) is 1.84. The van der Waals surface area contributed by atoms with E-state index in [9.17, 15) is 9.90 Å². The van der Waals surface area contributed by atoms with Gasteiger partial charge in [-0.05, 0) is 42.8 Å². The van der Waals surface area contributed by atoms with Crippen LogP contribution in [-0.4, -0.2) is 16.8 Å². The Morgan fingerprint density at radius 2 is 2.05 bits per heavy atom. The van der Waals surface area contributed by atoms with Gasteiger partial charge in [-0.15, -0.1) is 11.8 Å². The van der Waals surface area contributed by atoms with Gasteiger partial charge >= 0.3 is 0 Å². The van der Waals surface area contributed by atoms with Crippen molar-refractivity contribution in [2.75, 3.05) is 11.1 Å². The number of para-hydroxylation sites is 1. The number of aryl methyl sites for hydroxylation is 1. The Labute approximate surface area is 130 Å². The molecule has 2 N–H and O–H groups in total. The summed E-state index contributed by atoms with van der Waals surface area (Å²) < 4.78 is 1.01. The summed E-state index contributed by atoms with van der Waals surface area (Å²) in [6.45, 7) is 1.97. The van der Waals surface area contributed by atoms with Crippen LogP contribution in [0.2, 0.25) is 0 Å². The Hall–Kier alpha value is -1.46. The number of thioether (sulfide) groups is 1. The van der Waals surface area contributed by atoms with Crippen molar-refractivity contribution in [2.24, 2.45) is 0 Å². The topological polar surface area (TPSA) is 49.3 Å². The third kappa shape index (κ3) is 4.02. The average molecular weight is 352 g/mol. The van der Waals surface area contributed by atoms with E-state index in [2.05, 4.69) is 21.2 Å². The Morgan fingerprint density at radius 3 is 2.75 bits per heavy atom. The van der Waals surface area contributed by atoms with Crippen molar-refractivity contribution in [3.63, 3.8) is 0 Å². The van der Waals surface area contributed by atoms with Crippen LogP contribution in [0.25, 0.3) is 0 Å². The Morgan fingerprint density at radius 1 is 1.30 bits per heavy atom. The standard InChI is InChI=1S/C15H14BrNO2S/c1-10-8-11(6-7-12(10)16)17-15(19)9-20-14-5-3-2-4-13(14)18/h2-8,18H,9H2,1H3,(H,17,19). The number of anilines is 1. The van der Waals surface area contributed by atoms with E-state index in [4.69, 9.17) is 0 Å². The zero-order valence-corrected chi connectivity index (χ0v) is 13.3. The summed E-state index contributed by atoms with van der Waals surface area (Å²) >= 11 is 4.73. The summed E-state index contributed by atoms with van der Waals surface area (Å²) in [5, 5.41) is 12.5. The molecule has 0 aliphatic carbocycles. The number of halogens is 1. The summed E-state index contributed by atoms with van der Waals surface area (Å²) in [4.78, 5) is 12.6. The molecule has 0 heterocycles. The lowest BCUT2D eigenvalue weighted by Crippen LogP contribution is -2.14. The predicted molar refractivity (Wildman–Crippen MR) is 86.3 cm³/mol. The number of amides is 1. The van der Waals surface area contributed by atoms with Gasteiger partial charge in [0.15, 0.2) is 0 Å². The molecule has 5 heteroatoms. The molecule has 0 aromatic heterocycles. The molecule has 20 heavy (non-hydrogen) atoms. The molecule has 0 aliphatic heterocycles. The fraction of sp³-hybridized carbons (Fsp3) is 0.133. The second-order valence-corrected chi connectivity index (χ2v) is 6.14. The monoisotopic (exact) mass is 351 g/mol. The van der Waals surface area contributed by atoms with Crippen molar-refractivity contribution in [3.05, 3.63) is 52.5 Å². The summed E-state index contributed by atoms with van der Waals surface area (Å²) in [6.07, 6.45) is 0. The first-order valence-corrected chi connectivity index (χ1v) is 7.81. The van der Waals surface area contributed by atoms with Crippen molar-refractivity contribution in [1.29, 1.82) is 0 Å². The molecule has 2 aromatic rings. The fourth-order valence-corrected chi connectivity index (χ4v) is 2.64. The maximum Gasteiger partial charge on any atom is 0.234 e. The van der Waals surface area contributed by atoms with E-state index in [0.29, 0.717) is 4.90 Å². The number of nitrogens with one attached hydrogen (secondary N) is 1. The van der Waals surface area contributed by atoms with Gasteiger partial charge in [0.05, 0.1) is 5.75 Å². The highest BCUT2D eigenvalue weighted by Gasteiger charge is 2.07. The van der Waals surface area contributed by atoms with E-state index in [-0.39, 0.29) is 17.4 Å². The largest absolute Gasteiger partial charge is 0.507 e. The maximum atomic E-state index is 11.9. The quantitative estimate of drug-likeness (QED) is 0.811. The van der Waals surface area contributed by atoms with Crippen LogP contribution in [0.4, 0.5) is 5.69 Å². The van der Waals surface area contributed by atoms with Gasteiger partial charge in [-0.2, -0.15) is 0 Å². The van der Waals surface area contributed by atoms with Crippen LogP contribution < -0.4 is 5.32 Å². The number of carbonyl (C=O) groups excluding carboxylic acids is 1. The van der Waals surface area contributed by atoms with Crippen molar-refractivity contribution < 1.29 is 9.90 Å². The van der Waals surface area contributed by atoms with E-state index in [1.807, 2.05) is 31.2 Å². The van der Waals surface area contributed by atoms with Gasteiger partial charge in [0.2, 0.25) is 5.91 Å². The first kappa shape index (κ1) is 14.9. The van der Waals surface area contributed by atoms with Gasteiger partial charge < -0.3 is 10.4 Å². The summed E-state index contributed by atoms with van der Waals surface area (Å²) in [5.74, 6) is 0.358. The van der Waals surface area contributed by atoms with Crippen LogP contribution in [0.5, 0.6) is 5.75 Å². The zero-order chi connectivity index (χ0) is 14.5. The second kappa shape index (κ2) is 6.81. The molecule has 0 spiro atoms. The number of hydrogen-bond acceptors (Lipinski definition) is 3. The third-order valence-corrected chi connectivity index (χ3v) is 4.62. The normalized spacial score (nSPS) is 10.3. The van der Waals surface area contributed by atoms with Gasteiger partial charge in [0, 0.05) is 15.1 Å². The lowest BCUT2D eigenvalue weighted by atomic mass is 10.2. The maximum absolute atomic E-state index is 11.9. The van der Waals surface area contributed by atoms with Crippen LogP contribution in [-0.2, 0) is 4.79 Å².